The quantitative estimate of drug-likeness (QED) is 0.546. The SMILES string of the molecule is CCC1SC1C1CS1. The Bertz CT molecular complexity index is 98.7. The minimum absolute atomic E-state index is 1.05. The normalized spacial score (nSPS) is 51.4. The van der Waals surface area contributed by atoms with Crippen LogP contribution in [0.3, 0.4) is 0 Å². The number of hydrogen-bond donors (Lipinski definition) is 0. The molecule has 2 saturated heterocycles. The largest absolute Gasteiger partial charge is 0.155 e. The van der Waals surface area contributed by atoms with Gasteiger partial charge in [0.15, 0.2) is 0 Å². The topological polar surface area (TPSA) is 0 Å². The Balaban J connectivity index is 1.79. The molecule has 2 rings (SSSR count). The van der Waals surface area contributed by atoms with Crippen molar-refractivity contribution >= 4 is 23.5 Å². The maximum atomic E-state index is 2.30. The molecule has 0 bridgehead atoms. The van der Waals surface area contributed by atoms with Gasteiger partial charge in [0.1, 0.15) is 0 Å². The molecule has 8 heavy (non-hydrogen) atoms. The van der Waals surface area contributed by atoms with Crippen molar-refractivity contribution in [1.82, 2.24) is 0 Å². The summed E-state index contributed by atoms with van der Waals surface area (Å²) in [6, 6.07) is 0. The maximum absolute atomic E-state index is 2.30. The summed E-state index contributed by atoms with van der Waals surface area (Å²) in [5, 5.41) is 3.20. The average Bonchev–Trinajstić information content (AvgIpc) is 2.62. The molecule has 46 valence electrons. The highest BCUT2D eigenvalue weighted by atomic mass is 32.2. The lowest BCUT2D eigenvalue weighted by Crippen LogP contribution is -1.97. The molecule has 0 spiro atoms. The Labute approximate surface area is 58.8 Å². The third kappa shape index (κ3) is 0.883. The highest BCUT2D eigenvalue weighted by Gasteiger charge is 2.48. The molecule has 0 aliphatic carbocycles. The first-order valence-corrected chi connectivity index (χ1v) is 5.18. The maximum Gasteiger partial charge on any atom is 0.0296 e. The standard InChI is InChI=1S/C6H10S2/c1-2-4-6(8-4)5-3-7-5/h4-6H,2-3H2,1H3. The van der Waals surface area contributed by atoms with Crippen molar-refractivity contribution in [3.8, 4) is 0 Å². The van der Waals surface area contributed by atoms with Gasteiger partial charge in [-0.3, -0.25) is 0 Å². The van der Waals surface area contributed by atoms with Crippen LogP contribution in [0, 0.1) is 0 Å². The molecule has 0 saturated carbocycles. The minimum Gasteiger partial charge on any atom is -0.155 e. The minimum atomic E-state index is 1.05. The first-order chi connectivity index (χ1) is 3.92. The van der Waals surface area contributed by atoms with Crippen molar-refractivity contribution in [2.24, 2.45) is 0 Å². The van der Waals surface area contributed by atoms with E-state index < -0.39 is 0 Å². The molecular formula is C6H10S2. The molecule has 0 nitrogen and oxygen atoms in total. The van der Waals surface area contributed by atoms with Crippen LogP contribution in [0.4, 0.5) is 0 Å². The summed E-state index contributed by atoms with van der Waals surface area (Å²) >= 11 is 4.32. The smallest absolute Gasteiger partial charge is 0.0296 e. The van der Waals surface area contributed by atoms with E-state index in [2.05, 4.69) is 30.4 Å². The lowest BCUT2D eigenvalue weighted by atomic mass is 10.2. The van der Waals surface area contributed by atoms with Crippen LogP contribution in [0.5, 0.6) is 0 Å². The monoisotopic (exact) mass is 146 g/mol. The molecule has 2 fully saturated rings. The van der Waals surface area contributed by atoms with Crippen LogP contribution in [-0.2, 0) is 0 Å². The van der Waals surface area contributed by atoms with E-state index in [9.17, 15) is 0 Å². The Morgan fingerprint density at radius 2 is 2.38 bits per heavy atom. The van der Waals surface area contributed by atoms with Gasteiger partial charge in [0.2, 0.25) is 0 Å². The zero-order valence-electron chi connectivity index (χ0n) is 4.96. The van der Waals surface area contributed by atoms with Gasteiger partial charge in [0, 0.05) is 21.5 Å². The Hall–Kier alpha value is 0.700. The molecule has 0 aromatic heterocycles. The third-order valence-corrected chi connectivity index (χ3v) is 4.57. The fraction of sp³-hybridized carbons (Fsp3) is 1.00. The second-order valence-electron chi connectivity index (χ2n) is 2.42. The molecule has 0 radical (unpaired) electrons. The van der Waals surface area contributed by atoms with E-state index in [1.165, 1.54) is 12.2 Å². The molecule has 2 heteroatoms. The van der Waals surface area contributed by atoms with Gasteiger partial charge in [-0.1, -0.05) is 6.92 Å². The predicted octanol–water partition coefficient (Wildman–Crippen LogP) is 2.00. The van der Waals surface area contributed by atoms with Crippen LogP contribution in [0.15, 0.2) is 0 Å². The summed E-state index contributed by atoms with van der Waals surface area (Å²) in [6.07, 6.45) is 1.40. The number of thioether (sulfide) groups is 2. The zero-order valence-corrected chi connectivity index (χ0v) is 6.60. The van der Waals surface area contributed by atoms with Crippen molar-refractivity contribution in [2.75, 3.05) is 5.75 Å². The predicted molar refractivity (Wildman–Crippen MR) is 41.7 cm³/mol. The molecule has 0 amide bonds. The van der Waals surface area contributed by atoms with Crippen LogP contribution >= 0.6 is 23.5 Å². The van der Waals surface area contributed by atoms with Gasteiger partial charge >= 0.3 is 0 Å². The van der Waals surface area contributed by atoms with Gasteiger partial charge in [-0.2, -0.15) is 23.5 Å². The second-order valence-corrected chi connectivity index (χ2v) is 5.11. The Morgan fingerprint density at radius 3 is 2.75 bits per heavy atom. The summed E-state index contributed by atoms with van der Waals surface area (Å²) in [4.78, 5) is 0. The van der Waals surface area contributed by atoms with Crippen molar-refractivity contribution in [2.45, 2.75) is 29.1 Å². The van der Waals surface area contributed by atoms with Crippen molar-refractivity contribution in [3.05, 3.63) is 0 Å². The first-order valence-electron chi connectivity index (χ1n) is 3.19. The van der Waals surface area contributed by atoms with E-state index >= 15 is 0 Å². The van der Waals surface area contributed by atoms with E-state index in [0.717, 1.165) is 15.7 Å². The molecule has 0 N–H and O–H groups in total. The van der Waals surface area contributed by atoms with Crippen LogP contribution in [0.1, 0.15) is 13.3 Å². The van der Waals surface area contributed by atoms with E-state index in [4.69, 9.17) is 0 Å². The summed E-state index contributed by atoms with van der Waals surface area (Å²) in [6.45, 7) is 2.30. The highest BCUT2D eigenvalue weighted by molar-refractivity contribution is 8.12. The lowest BCUT2D eigenvalue weighted by Gasteiger charge is -1.83. The number of hydrogen-bond acceptors (Lipinski definition) is 2. The summed E-state index contributed by atoms with van der Waals surface area (Å²) in [5.74, 6) is 1.45. The molecule has 2 aliphatic heterocycles. The fourth-order valence-electron chi connectivity index (χ4n) is 1.06. The lowest BCUT2D eigenvalue weighted by molar-refractivity contribution is 0.860. The van der Waals surface area contributed by atoms with E-state index in [1.54, 1.807) is 0 Å². The van der Waals surface area contributed by atoms with Crippen LogP contribution in [-0.4, -0.2) is 21.5 Å². The van der Waals surface area contributed by atoms with E-state index in [1.807, 2.05) is 0 Å². The van der Waals surface area contributed by atoms with Crippen LogP contribution in [0.25, 0.3) is 0 Å². The molecule has 0 aromatic rings. The van der Waals surface area contributed by atoms with Crippen LogP contribution < -0.4 is 0 Å². The molecular weight excluding hydrogens is 136 g/mol. The highest BCUT2D eigenvalue weighted by Crippen LogP contribution is 2.55. The van der Waals surface area contributed by atoms with Crippen LogP contribution in [0.2, 0.25) is 0 Å². The van der Waals surface area contributed by atoms with Gasteiger partial charge in [-0.25, -0.2) is 0 Å². The van der Waals surface area contributed by atoms with Gasteiger partial charge in [0.25, 0.3) is 0 Å². The van der Waals surface area contributed by atoms with Gasteiger partial charge in [-0.05, 0) is 6.42 Å². The second kappa shape index (κ2) is 1.84. The van der Waals surface area contributed by atoms with Crippen molar-refractivity contribution < 1.29 is 0 Å². The zero-order chi connectivity index (χ0) is 5.56. The van der Waals surface area contributed by atoms with E-state index in [0.29, 0.717) is 0 Å². The number of rotatable bonds is 2. The Morgan fingerprint density at radius 1 is 1.62 bits per heavy atom. The van der Waals surface area contributed by atoms with Gasteiger partial charge < -0.3 is 0 Å². The fourth-order valence-corrected chi connectivity index (χ4v) is 3.56. The molecule has 2 aliphatic rings. The van der Waals surface area contributed by atoms with E-state index in [-0.39, 0.29) is 0 Å². The molecule has 3 atom stereocenters. The first kappa shape index (κ1) is 5.48. The summed E-state index contributed by atoms with van der Waals surface area (Å²) in [5.41, 5.74) is 0. The van der Waals surface area contributed by atoms with Crippen molar-refractivity contribution in [3.63, 3.8) is 0 Å². The average molecular weight is 146 g/mol. The van der Waals surface area contributed by atoms with Gasteiger partial charge in [-0.15, -0.1) is 0 Å². The third-order valence-electron chi connectivity index (χ3n) is 1.75. The van der Waals surface area contributed by atoms with Crippen molar-refractivity contribution in [1.29, 1.82) is 0 Å². The Kier molecular flexibility index (Phi) is 1.26. The molecule has 2 heterocycles. The molecule has 0 aromatic carbocycles. The summed E-state index contributed by atoms with van der Waals surface area (Å²) in [7, 11) is 0. The summed E-state index contributed by atoms with van der Waals surface area (Å²) < 4.78 is 0. The molecule has 3 unspecified atom stereocenters. The van der Waals surface area contributed by atoms with Gasteiger partial charge in [0.05, 0.1) is 0 Å².